The van der Waals surface area contributed by atoms with Gasteiger partial charge in [0, 0.05) is 0 Å². The van der Waals surface area contributed by atoms with Crippen molar-refractivity contribution in [2.24, 2.45) is 0 Å². The van der Waals surface area contributed by atoms with Crippen LogP contribution in [0.4, 0.5) is 4.79 Å². The number of amides is 2. The van der Waals surface area contributed by atoms with Crippen LogP contribution in [0.15, 0.2) is 30.3 Å². The van der Waals surface area contributed by atoms with Crippen molar-refractivity contribution in [1.82, 2.24) is 10.8 Å². The first-order chi connectivity index (χ1) is 9.99. The van der Waals surface area contributed by atoms with Gasteiger partial charge in [-0.05, 0) is 12.5 Å². The van der Waals surface area contributed by atoms with E-state index in [0.717, 1.165) is 5.56 Å². The minimum absolute atomic E-state index is 0.0799. The van der Waals surface area contributed by atoms with Crippen molar-refractivity contribution in [2.75, 3.05) is 6.61 Å². The maximum Gasteiger partial charge on any atom is 0.408 e. The van der Waals surface area contributed by atoms with Crippen LogP contribution in [0.3, 0.4) is 0 Å². The number of carboxylic acids is 1. The molecule has 1 atom stereocenters. The normalized spacial score (nSPS) is 11.3. The summed E-state index contributed by atoms with van der Waals surface area (Å²) in [5.41, 5.74) is 2.72. The van der Waals surface area contributed by atoms with Crippen LogP contribution in [0.1, 0.15) is 12.5 Å². The zero-order valence-corrected chi connectivity index (χ0v) is 11.4. The van der Waals surface area contributed by atoms with Gasteiger partial charge in [-0.3, -0.25) is 9.63 Å². The second kappa shape index (κ2) is 8.54. The number of alkyl carbamates (subject to hydrolysis) is 1. The number of nitrogens with one attached hydrogen (secondary N) is 2. The van der Waals surface area contributed by atoms with Gasteiger partial charge in [0.25, 0.3) is 5.91 Å². The van der Waals surface area contributed by atoms with Crippen molar-refractivity contribution in [3.8, 4) is 0 Å². The van der Waals surface area contributed by atoms with E-state index in [1.54, 1.807) is 12.1 Å². The van der Waals surface area contributed by atoms with Gasteiger partial charge in [0.2, 0.25) is 0 Å². The molecule has 0 aromatic heterocycles. The van der Waals surface area contributed by atoms with Crippen LogP contribution in [0.2, 0.25) is 0 Å². The molecular formula is C13H16N2O6. The van der Waals surface area contributed by atoms with Crippen LogP contribution in [0, 0.1) is 0 Å². The quantitative estimate of drug-likeness (QED) is 0.629. The van der Waals surface area contributed by atoms with E-state index < -0.39 is 30.6 Å². The van der Waals surface area contributed by atoms with E-state index in [1.165, 1.54) is 6.92 Å². The summed E-state index contributed by atoms with van der Waals surface area (Å²) < 4.78 is 4.93. The summed E-state index contributed by atoms with van der Waals surface area (Å²) in [6.07, 6.45) is -0.764. The molecule has 1 rings (SSSR count). The number of benzene rings is 1. The fourth-order valence-electron chi connectivity index (χ4n) is 1.26. The Bertz CT molecular complexity index is 491. The molecular weight excluding hydrogens is 280 g/mol. The maximum absolute atomic E-state index is 11.5. The molecule has 8 nitrogen and oxygen atoms in total. The van der Waals surface area contributed by atoms with Gasteiger partial charge in [-0.25, -0.2) is 15.1 Å². The average molecular weight is 296 g/mol. The lowest BCUT2D eigenvalue weighted by Crippen LogP contribution is -2.45. The van der Waals surface area contributed by atoms with E-state index >= 15 is 0 Å². The molecule has 2 amide bonds. The van der Waals surface area contributed by atoms with E-state index in [-0.39, 0.29) is 6.61 Å². The average Bonchev–Trinajstić information content (AvgIpc) is 2.45. The van der Waals surface area contributed by atoms with Gasteiger partial charge < -0.3 is 15.2 Å². The fourth-order valence-corrected chi connectivity index (χ4v) is 1.26. The lowest BCUT2D eigenvalue weighted by atomic mass is 10.2. The third-order valence-electron chi connectivity index (χ3n) is 2.31. The first-order valence-electron chi connectivity index (χ1n) is 6.09. The molecule has 0 bridgehead atoms. The van der Waals surface area contributed by atoms with Crippen LogP contribution in [-0.2, 0) is 25.8 Å². The standard InChI is InChI=1S/C13H16N2O6/c1-9(12(18)15-21-8-11(16)17)14-13(19)20-7-10-5-3-2-4-6-10/h2-6,9H,7-8H2,1H3,(H,14,19)(H,15,18)(H,16,17). The van der Waals surface area contributed by atoms with Crippen LogP contribution >= 0.6 is 0 Å². The van der Waals surface area contributed by atoms with Crippen LogP contribution in [-0.4, -0.2) is 35.7 Å². The highest BCUT2D eigenvalue weighted by molar-refractivity contribution is 5.84. The Morgan fingerprint density at radius 3 is 2.52 bits per heavy atom. The highest BCUT2D eigenvalue weighted by Gasteiger charge is 2.16. The molecule has 1 aromatic carbocycles. The number of carbonyl (C=O) groups is 3. The topological polar surface area (TPSA) is 114 Å². The molecule has 21 heavy (non-hydrogen) atoms. The number of hydroxylamine groups is 1. The van der Waals surface area contributed by atoms with Crippen molar-refractivity contribution >= 4 is 18.0 Å². The fraction of sp³-hybridized carbons (Fsp3) is 0.308. The largest absolute Gasteiger partial charge is 0.479 e. The molecule has 0 radical (unpaired) electrons. The molecule has 8 heteroatoms. The van der Waals surface area contributed by atoms with Gasteiger partial charge in [0.05, 0.1) is 0 Å². The molecule has 0 aliphatic carbocycles. The van der Waals surface area contributed by atoms with Crippen molar-refractivity contribution in [2.45, 2.75) is 19.6 Å². The third-order valence-corrected chi connectivity index (χ3v) is 2.31. The summed E-state index contributed by atoms with van der Waals surface area (Å²) in [6, 6.07) is 8.13. The molecule has 0 heterocycles. The maximum atomic E-state index is 11.5. The van der Waals surface area contributed by atoms with Crippen LogP contribution in [0.5, 0.6) is 0 Å². The smallest absolute Gasteiger partial charge is 0.408 e. The molecule has 0 saturated carbocycles. The number of aliphatic carboxylic acids is 1. The number of carbonyl (C=O) groups excluding carboxylic acids is 2. The van der Waals surface area contributed by atoms with Gasteiger partial charge >= 0.3 is 12.1 Å². The van der Waals surface area contributed by atoms with Gasteiger partial charge in [-0.2, -0.15) is 0 Å². The molecule has 1 unspecified atom stereocenters. The minimum Gasteiger partial charge on any atom is -0.479 e. The molecule has 0 aliphatic rings. The SMILES string of the molecule is CC(NC(=O)OCc1ccccc1)C(=O)NOCC(=O)O. The Kier molecular flexibility index (Phi) is 6.69. The number of hydrogen-bond donors (Lipinski definition) is 3. The van der Waals surface area contributed by atoms with Crippen molar-refractivity contribution in [3.63, 3.8) is 0 Å². The number of carboxylic acid groups (broad SMARTS) is 1. The first-order valence-corrected chi connectivity index (χ1v) is 6.09. The minimum atomic E-state index is -1.22. The highest BCUT2D eigenvalue weighted by atomic mass is 16.7. The Balaban J connectivity index is 2.26. The third kappa shape index (κ3) is 6.92. The summed E-state index contributed by atoms with van der Waals surface area (Å²) in [5, 5.41) is 10.6. The van der Waals surface area contributed by atoms with Crippen LogP contribution < -0.4 is 10.8 Å². The number of rotatable bonds is 7. The van der Waals surface area contributed by atoms with Crippen molar-refractivity contribution < 1.29 is 29.1 Å². The first kappa shape index (κ1) is 16.4. The number of hydrogen-bond acceptors (Lipinski definition) is 5. The summed E-state index contributed by atoms with van der Waals surface area (Å²) >= 11 is 0. The Labute approximate surface area is 121 Å². The Hall–Kier alpha value is -2.61. The van der Waals surface area contributed by atoms with Crippen LogP contribution in [0.25, 0.3) is 0 Å². The van der Waals surface area contributed by atoms with E-state index in [1.807, 2.05) is 23.7 Å². The molecule has 3 N–H and O–H groups in total. The second-order valence-electron chi connectivity index (χ2n) is 4.08. The van der Waals surface area contributed by atoms with Crippen molar-refractivity contribution in [1.29, 1.82) is 0 Å². The van der Waals surface area contributed by atoms with Crippen molar-refractivity contribution in [3.05, 3.63) is 35.9 Å². The number of ether oxygens (including phenoxy) is 1. The van der Waals surface area contributed by atoms with E-state index in [4.69, 9.17) is 9.84 Å². The molecule has 0 fully saturated rings. The van der Waals surface area contributed by atoms with E-state index in [9.17, 15) is 14.4 Å². The highest BCUT2D eigenvalue weighted by Crippen LogP contribution is 2.00. The zero-order valence-electron chi connectivity index (χ0n) is 11.4. The lowest BCUT2D eigenvalue weighted by molar-refractivity contribution is -0.149. The monoisotopic (exact) mass is 296 g/mol. The molecule has 0 aliphatic heterocycles. The van der Waals surface area contributed by atoms with Gasteiger partial charge in [-0.15, -0.1) is 0 Å². The van der Waals surface area contributed by atoms with E-state index in [0.29, 0.717) is 0 Å². The predicted octanol–water partition coefficient (Wildman–Crippen LogP) is 0.434. The summed E-state index contributed by atoms with van der Waals surface area (Å²) in [5.74, 6) is -1.91. The summed E-state index contributed by atoms with van der Waals surface area (Å²) in [7, 11) is 0. The van der Waals surface area contributed by atoms with Gasteiger partial charge in [0.1, 0.15) is 12.6 Å². The molecule has 114 valence electrons. The zero-order chi connectivity index (χ0) is 15.7. The Morgan fingerprint density at radius 1 is 1.24 bits per heavy atom. The summed E-state index contributed by atoms with van der Waals surface area (Å²) in [6.45, 7) is 0.816. The Morgan fingerprint density at radius 2 is 1.90 bits per heavy atom. The lowest BCUT2D eigenvalue weighted by Gasteiger charge is -2.13. The van der Waals surface area contributed by atoms with Gasteiger partial charge in [0.15, 0.2) is 6.61 Å². The second-order valence-corrected chi connectivity index (χ2v) is 4.08. The predicted molar refractivity (Wildman–Crippen MR) is 71.0 cm³/mol. The molecule has 0 spiro atoms. The van der Waals surface area contributed by atoms with E-state index in [2.05, 4.69) is 10.2 Å². The molecule has 0 saturated heterocycles. The van der Waals surface area contributed by atoms with Gasteiger partial charge in [-0.1, -0.05) is 30.3 Å². The summed E-state index contributed by atoms with van der Waals surface area (Å²) in [4.78, 5) is 37.5. The molecule has 1 aromatic rings.